The van der Waals surface area contributed by atoms with E-state index in [2.05, 4.69) is 182 Å². The highest BCUT2D eigenvalue weighted by atomic mass is 32.2. The van der Waals surface area contributed by atoms with Crippen LogP contribution in [0.4, 0.5) is 0 Å². The fourth-order valence-electron chi connectivity index (χ4n) is 7.00. The number of carbonyl (C=O) groups is 1. The zero-order valence-electron chi connectivity index (χ0n) is 28.3. The quantitative estimate of drug-likeness (QED) is 0.0763. The molecule has 0 heterocycles. The molecule has 0 spiro atoms. The van der Waals surface area contributed by atoms with Crippen LogP contribution in [0.15, 0.2) is 182 Å². The molecule has 1 N–H and O–H groups in total. The summed E-state index contributed by atoms with van der Waals surface area (Å²) in [5, 5.41) is 9.72. The van der Waals surface area contributed by atoms with E-state index in [0.717, 1.165) is 25.0 Å². The molecule has 0 aromatic heterocycles. The average molecular weight is 693 g/mol. The Morgan fingerprint density at radius 3 is 1.10 bits per heavy atom. The largest absolute Gasteiger partial charge is 0.481 e. The summed E-state index contributed by atoms with van der Waals surface area (Å²) < 4.78 is -0.834. The summed E-state index contributed by atoms with van der Waals surface area (Å²) in [6.07, 6.45) is 3.64. The first kappa shape index (κ1) is 35.3. The van der Waals surface area contributed by atoms with Crippen LogP contribution in [0.3, 0.4) is 0 Å². The van der Waals surface area contributed by atoms with Crippen LogP contribution in [0.5, 0.6) is 0 Å². The van der Waals surface area contributed by atoms with Crippen molar-refractivity contribution in [2.45, 2.75) is 46.8 Å². The molecule has 0 bridgehead atoms. The smallest absolute Gasteiger partial charge is 0.303 e. The van der Waals surface area contributed by atoms with Gasteiger partial charge in [-0.25, -0.2) is 0 Å². The number of benzene rings is 6. The first-order chi connectivity index (χ1) is 24.6. The number of thioether (sulfide) groups is 2. The highest BCUT2D eigenvalue weighted by Crippen LogP contribution is 2.53. The van der Waals surface area contributed by atoms with Crippen molar-refractivity contribution in [3.8, 4) is 0 Å². The van der Waals surface area contributed by atoms with Crippen molar-refractivity contribution < 1.29 is 9.90 Å². The lowest BCUT2D eigenvalue weighted by Gasteiger charge is -2.39. The zero-order valence-corrected chi connectivity index (χ0v) is 29.9. The maximum Gasteiger partial charge on any atom is 0.303 e. The number of carboxylic acids is 1. The summed E-state index contributed by atoms with van der Waals surface area (Å²) in [5.74, 6) is 0.194. The lowest BCUT2D eigenvalue weighted by molar-refractivity contribution is -0.137. The van der Waals surface area contributed by atoms with Gasteiger partial charge in [-0.05, 0) is 58.4 Å². The second-order valence-corrected chi connectivity index (χ2v) is 15.4. The van der Waals surface area contributed by atoms with E-state index in [-0.39, 0.29) is 11.7 Å². The van der Waals surface area contributed by atoms with Crippen molar-refractivity contribution in [2.24, 2.45) is 0 Å². The highest BCUT2D eigenvalue weighted by molar-refractivity contribution is 8.01. The minimum absolute atomic E-state index is 0.201. The minimum Gasteiger partial charge on any atom is -0.481 e. The fourth-order valence-corrected chi connectivity index (χ4v) is 10.6. The fraction of sp³-hybridized carbons (Fsp3) is 0.196. The van der Waals surface area contributed by atoms with Gasteiger partial charge in [0.2, 0.25) is 0 Å². The lowest BCUT2D eigenvalue weighted by atomic mass is 9.84. The number of hydrogen-bond donors (Lipinski definition) is 1. The first-order valence-corrected chi connectivity index (χ1v) is 19.4. The Kier molecular flexibility index (Phi) is 12.3. The molecule has 0 saturated heterocycles. The Morgan fingerprint density at radius 1 is 0.460 bits per heavy atom. The number of carboxylic acid groups (broad SMARTS) is 1. The van der Waals surface area contributed by atoms with Crippen LogP contribution in [0, 0.1) is 0 Å². The first-order valence-electron chi connectivity index (χ1n) is 17.5. The van der Waals surface area contributed by atoms with Gasteiger partial charge in [0.05, 0.1) is 9.49 Å². The van der Waals surface area contributed by atoms with E-state index in [1.165, 1.54) is 33.4 Å². The van der Waals surface area contributed by atoms with Crippen LogP contribution in [0.25, 0.3) is 0 Å². The van der Waals surface area contributed by atoms with Gasteiger partial charge in [-0.2, -0.15) is 0 Å². The van der Waals surface area contributed by atoms with Gasteiger partial charge in [0.25, 0.3) is 0 Å². The van der Waals surface area contributed by atoms with E-state index in [9.17, 15) is 9.90 Å². The third kappa shape index (κ3) is 8.09. The topological polar surface area (TPSA) is 37.3 Å². The van der Waals surface area contributed by atoms with Crippen molar-refractivity contribution in [2.75, 3.05) is 5.75 Å². The molecule has 0 radical (unpaired) electrons. The second kappa shape index (κ2) is 17.4. The number of aliphatic carboxylic acids is 1. The minimum atomic E-state index is -0.727. The molecule has 6 aromatic rings. The lowest BCUT2D eigenvalue weighted by Crippen LogP contribution is -2.30. The van der Waals surface area contributed by atoms with Gasteiger partial charge in [-0.1, -0.05) is 188 Å². The van der Waals surface area contributed by atoms with Gasteiger partial charge in [0.15, 0.2) is 0 Å². The molecule has 0 fully saturated rings. The predicted molar refractivity (Wildman–Crippen MR) is 213 cm³/mol. The summed E-state index contributed by atoms with van der Waals surface area (Å²) in [6.45, 7) is 0. The number of unbranched alkanes of at least 4 members (excludes halogenated alkanes) is 1. The van der Waals surface area contributed by atoms with Gasteiger partial charge in [0.1, 0.15) is 0 Å². The summed E-state index contributed by atoms with van der Waals surface area (Å²) in [4.78, 5) is 11.5. The molecule has 6 rings (SSSR count). The third-order valence-electron chi connectivity index (χ3n) is 9.35. The Hall–Kier alpha value is -4.51. The molecule has 0 saturated carbocycles. The van der Waals surface area contributed by atoms with Crippen LogP contribution in [0.1, 0.15) is 65.5 Å². The normalized spacial score (nSPS) is 12.3. The van der Waals surface area contributed by atoms with E-state index in [4.69, 9.17) is 0 Å². The zero-order chi connectivity index (χ0) is 34.5. The molecule has 1 unspecified atom stereocenters. The maximum atomic E-state index is 11.5. The molecule has 2 nitrogen and oxygen atoms in total. The predicted octanol–water partition coefficient (Wildman–Crippen LogP) is 11.8. The van der Waals surface area contributed by atoms with E-state index < -0.39 is 15.5 Å². The summed E-state index contributed by atoms with van der Waals surface area (Å²) in [5.41, 5.74) is 7.54. The van der Waals surface area contributed by atoms with Gasteiger partial charge in [0, 0.05) is 11.7 Å². The highest BCUT2D eigenvalue weighted by Gasteiger charge is 2.40. The monoisotopic (exact) mass is 692 g/mol. The molecular weight excluding hydrogens is 649 g/mol. The van der Waals surface area contributed by atoms with E-state index in [1.54, 1.807) is 0 Å². The third-order valence-corrected chi connectivity index (χ3v) is 12.8. The maximum absolute atomic E-state index is 11.5. The van der Waals surface area contributed by atoms with Crippen LogP contribution in [-0.2, 0) is 14.3 Å². The van der Waals surface area contributed by atoms with E-state index >= 15 is 0 Å². The van der Waals surface area contributed by atoms with Crippen molar-refractivity contribution in [3.05, 3.63) is 215 Å². The Labute approximate surface area is 306 Å². The molecule has 4 heteroatoms. The standard InChI is InChI=1S/C46H44O2S2/c47-44(48)34-20-19-33-43(50-46(40-27-13-4-14-28-40,41-29-15-5-16-30-41)42-31-17-6-18-32-42)35-36-49-45(37-21-7-1-8-22-37,38-23-9-2-10-24-38)39-25-11-3-12-26-39/h1-18,21-32,43H,19-20,33-36H2,(H,47,48). The average Bonchev–Trinajstić information content (AvgIpc) is 3.19. The summed E-state index contributed by atoms with van der Waals surface area (Å²) in [6, 6.07) is 65.4. The van der Waals surface area contributed by atoms with Gasteiger partial charge in [-0.3, -0.25) is 4.79 Å². The molecule has 50 heavy (non-hydrogen) atoms. The van der Waals surface area contributed by atoms with Gasteiger partial charge in [-0.15, -0.1) is 23.5 Å². The van der Waals surface area contributed by atoms with Crippen LogP contribution in [0.2, 0.25) is 0 Å². The number of hydrogen-bond acceptors (Lipinski definition) is 3. The molecular formula is C46H44O2S2. The molecule has 0 aliphatic rings. The van der Waals surface area contributed by atoms with Crippen molar-refractivity contribution in [3.63, 3.8) is 0 Å². The summed E-state index contributed by atoms with van der Waals surface area (Å²) >= 11 is 4.04. The van der Waals surface area contributed by atoms with E-state index in [0.29, 0.717) is 6.42 Å². The van der Waals surface area contributed by atoms with Gasteiger partial charge < -0.3 is 5.11 Å². The molecule has 252 valence electrons. The number of rotatable bonds is 17. The molecule has 6 aromatic carbocycles. The Balaban J connectivity index is 1.41. The van der Waals surface area contributed by atoms with Crippen molar-refractivity contribution in [1.29, 1.82) is 0 Å². The van der Waals surface area contributed by atoms with E-state index in [1.807, 2.05) is 23.5 Å². The molecule has 0 amide bonds. The van der Waals surface area contributed by atoms with Crippen LogP contribution < -0.4 is 0 Å². The SMILES string of the molecule is O=C(O)CCCCC(CCSC(c1ccccc1)(c1ccccc1)c1ccccc1)SC(c1ccccc1)(c1ccccc1)c1ccccc1. The molecule has 0 aliphatic carbocycles. The summed E-state index contributed by atoms with van der Waals surface area (Å²) in [7, 11) is 0. The Bertz CT molecular complexity index is 1670. The van der Waals surface area contributed by atoms with Crippen molar-refractivity contribution in [1.82, 2.24) is 0 Å². The van der Waals surface area contributed by atoms with Crippen LogP contribution in [-0.4, -0.2) is 22.1 Å². The second-order valence-electron chi connectivity index (χ2n) is 12.6. The van der Waals surface area contributed by atoms with Crippen molar-refractivity contribution >= 4 is 29.5 Å². The van der Waals surface area contributed by atoms with Crippen LogP contribution >= 0.6 is 23.5 Å². The molecule has 0 aliphatic heterocycles. The molecule has 1 atom stereocenters. The Morgan fingerprint density at radius 2 is 0.780 bits per heavy atom. The van der Waals surface area contributed by atoms with Gasteiger partial charge >= 0.3 is 5.97 Å².